The Hall–Kier alpha value is -2.09. The predicted octanol–water partition coefficient (Wildman–Crippen LogP) is 1.35. The molecule has 122 valence electrons. The second kappa shape index (κ2) is 7.26. The molecule has 0 aliphatic heterocycles. The van der Waals surface area contributed by atoms with Gasteiger partial charge in [0, 0.05) is 0 Å². The highest BCUT2D eigenvalue weighted by Crippen LogP contribution is 2.19. The number of nitrogens with one attached hydrogen (secondary N) is 2. The maximum absolute atomic E-state index is 12.3. The topological polar surface area (TPSA) is 113 Å². The molecule has 0 fully saturated rings. The summed E-state index contributed by atoms with van der Waals surface area (Å²) in [4.78, 5) is 23.4. The van der Waals surface area contributed by atoms with E-state index < -0.39 is 27.9 Å². The van der Waals surface area contributed by atoms with Crippen molar-refractivity contribution in [2.45, 2.75) is 32.7 Å². The van der Waals surface area contributed by atoms with Gasteiger partial charge < -0.3 is 10.4 Å². The van der Waals surface area contributed by atoms with E-state index in [1.165, 1.54) is 12.1 Å². The minimum absolute atomic E-state index is 0.0905. The van der Waals surface area contributed by atoms with Crippen molar-refractivity contribution < 1.29 is 23.1 Å². The Bertz CT molecular complexity index is 670. The first-order valence-corrected chi connectivity index (χ1v) is 8.65. The van der Waals surface area contributed by atoms with Crippen LogP contribution in [0.4, 0.5) is 5.69 Å². The fraction of sp³-hybridized carbons (Fsp3) is 0.429. The number of carboxylic acid groups (broad SMARTS) is 1. The highest BCUT2D eigenvalue weighted by Gasteiger charge is 2.22. The van der Waals surface area contributed by atoms with Crippen LogP contribution >= 0.6 is 0 Å². The van der Waals surface area contributed by atoms with E-state index in [1.54, 1.807) is 13.0 Å². The van der Waals surface area contributed by atoms with Crippen LogP contribution < -0.4 is 10.0 Å². The van der Waals surface area contributed by atoms with E-state index in [2.05, 4.69) is 10.0 Å². The molecule has 1 aromatic rings. The molecule has 1 atom stereocenters. The average molecular weight is 328 g/mol. The van der Waals surface area contributed by atoms with Crippen molar-refractivity contribution in [1.82, 2.24) is 5.32 Å². The molecule has 8 heteroatoms. The van der Waals surface area contributed by atoms with Crippen molar-refractivity contribution in [3.63, 3.8) is 0 Å². The number of carbonyl (C=O) groups is 2. The van der Waals surface area contributed by atoms with Crippen LogP contribution in [0.2, 0.25) is 0 Å². The molecular formula is C14H20N2O5S. The zero-order valence-electron chi connectivity index (χ0n) is 12.7. The Morgan fingerprint density at radius 1 is 1.32 bits per heavy atom. The summed E-state index contributed by atoms with van der Waals surface area (Å²) in [6.45, 7) is 3.56. The summed E-state index contributed by atoms with van der Waals surface area (Å²) in [7, 11) is -3.55. The fourth-order valence-corrected chi connectivity index (χ4v) is 2.49. The first-order valence-electron chi connectivity index (χ1n) is 6.76. The number of hydrogen-bond donors (Lipinski definition) is 3. The van der Waals surface area contributed by atoms with Crippen molar-refractivity contribution in [2.24, 2.45) is 0 Å². The summed E-state index contributed by atoms with van der Waals surface area (Å²) in [5, 5.41) is 11.5. The van der Waals surface area contributed by atoms with E-state index >= 15 is 0 Å². The van der Waals surface area contributed by atoms with Crippen LogP contribution in [-0.2, 0) is 14.8 Å². The lowest BCUT2D eigenvalue weighted by atomic mass is 10.1. The third-order valence-electron chi connectivity index (χ3n) is 2.90. The summed E-state index contributed by atoms with van der Waals surface area (Å²) in [6.07, 6.45) is 1.87. The quantitative estimate of drug-likeness (QED) is 0.699. The molecular weight excluding hydrogens is 308 g/mol. The minimum Gasteiger partial charge on any atom is -0.480 e. The Kier molecular flexibility index (Phi) is 5.92. The Morgan fingerprint density at radius 2 is 1.95 bits per heavy atom. The number of sulfonamides is 1. The van der Waals surface area contributed by atoms with E-state index in [0.29, 0.717) is 12.8 Å². The first kappa shape index (κ1) is 18.0. The van der Waals surface area contributed by atoms with Gasteiger partial charge in [0.15, 0.2) is 0 Å². The van der Waals surface area contributed by atoms with Crippen LogP contribution in [0, 0.1) is 6.92 Å². The predicted molar refractivity (Wildman–Crippen MR) is 83.4 cm³/mol. The van der Waals surface area contributed by atoms with Gasteiger partial charge in [0.1, 0.15) is 6.04 Å². The average Bonchev–Trinajstić information content (AvgIpc) is 2.38. The number of rotatable bonds is 7. The first-order chi connectivity index (χ1) is 10.1. The monoisotopic (exact) mass is 328 g/mol. The number of carboxylic acids is 1. The van der Waals surface area contributed by atoms with Crippen molar-refractivity contribution in [1.29, 1.82) is 0 Å². The van der Waals surface area contributed by atoms with E-state index in [-0.39, 0.29) is 11.3 Å². The van der Waals surface area contributed by atoms with Crippen LogP contribution in [0.25, 0.3) is 0 Å². The van der Waals surface area contributed by atoms with Crippen molar-refractivity contribution in [3.8, 4) is 0 Å². The molecule has 1 aromatic carbocycles. The van der Waals surface area contributed by atoms with Gasteiger partial charge in [-0.3, -0.25) is 9.52 Å². The number of amides is 1. The number of hydrogen-bond acceptors (Lipinski definition) is 4. The molecule has 0 heterocycles. The van der Waals surface area contributed by atoms with Crippen LogP contribution in [-0.4, -0.2) is 37.7 Å². The molecule has 0 spiro atoms. The third-order valence-corrected chi connectivity index (χ3v) is 3.49. The largest absolute Gasteiger partial charge is 0.480 e. The van der Waals surface area contributed by atoms with Crippen molar-refractivity contribution >= 4 is 27.6 Å². The van der Waals surface area contributed by atoms with Crippen LogP contribution in [0.5, 0.6) is 0 Å². The van der Waals surface area contributed by atoms with Gasteiger partial charge in [0.2, 0.25) is 10.0 Å². The molecule has 1 amide bonds. The van der Waals surface area contributed by atoms with Gasteiger partial charge in [-0.1, -0.05) is 25.0 Å². The summed E-state index contributed by atoms with van der Waals surface area (Å²) in [5.41, 5.74) is 0.964. The van der Waals surface area contributed by atoms with E-state index in [1.807, 2.05) is 6.92 Å². The standard InChI is InChI=1S/C14H20N2O5S/c1-4-5-12(14(18)19)15-13(17)10-8-9(2)6-7-11(10)16-22(3,20)21/h6-8,12,16H,4-5H2,1-3H3,(H,15,17)(H,18,19). The zero-order chi connectivity index (χ0) is 16.9. The highest BCUT2D eigenvalue weighted by atomic mass is 32.2. The lowest BCUT2D eigenvalue weighted by molar-refractivity contribution is -0.139. The molecule has 0 saturated carbocycles. The fourth-order valence-electron chi connectivity index (χ4n) is 1.92. The number of aryl methyl sites for hydroxylation is 1. The normalized spacial score (nSPS) is 12.5. The molecule has 7 nitrogen and oxygen atoms in total. The Labute approximate surface area is 129 Å². The Morgan fingerprint density at radius 3 is 2.45 bits per heavy atom. The smallest absolute Gasteiger partial charge is 0.326 e. The number of benzene rings is 1. The van der Waals surface area contributed by atoms with Gasteiger partial charge in [-0.05, 0) is 25.5 Å². The molecule has 0 radical (unpaired) electrons. The maximum Gasteiger partial charge on any atom is 0.326 e. The van der Waals surface area contributed by atoms with Gasteiger partial charge in [0.05, 0.1) is 17.5 Å². The van der Waals surface area contributed by atoms with Gasteiger partial charge >= 0.3 is 5.97 Å². The number of aliphatic carboxylic acids is 1. The van der Waals surface area contributed by atoms with E-state index in [0.717, 1.165) is 11.8 Å². The van der Waals surface area contributed by atoms with Gasteiger partial charge in [-0.2, -0.15) is 0 Å². The summed E-state index contributed by atoms with van der Waals surface area (Å²) >= 11 is 0. The van der Waals surface area contributed by atoms with Crippen molar-refractivity contribution in [2.75, 3.05) is 11.0 Å². The molecule has 0 saturated heterocycles. The second-order valence-electron chi connectivity index (χ2n) is 5.08. The molecule has 0 aliphatic carbocycles. The third kappa shape index (κ3) is 5.36. The SMILES string of the molecule is CCCC(NC(=O)c1cc(C)ccc1NS(C)(=O)=O)C(=O)O. The number of carbonyl (C=O) groups excluding carboxylic acids is 1. The molecule has 0 aromatic heterocycles. The molecule has 1 rings (SSSR count). The zero-order valence-corrected chi connectivity index (χ0v) is 13.5. The number of anilines is 1. The summed E-state index contributed by atoms with van der Waals surface area (Å²) in [5.74, 6) is -1.75. The van der Waals surface area contributed by atoms with Gasteiger partial charge in [-0.15, -0.1) is 0 Å². The van der Waals surface area contributed by atoms with E-state index in [9.17, 15) is 18.0 Å². The Balaban J connectivity index is 3.10. The molecule has 1 unspecified atom stereocenters. The van der Waals surface area contributed by atoms with E-state index in [4.69, 9.17) is 5.11 Å². The summed E-state index contributed by atoms with van der Waals surface area (Å²) < 4.78 is 25.0. The van der Waals surface area contributed by atoms with Gasteiger partial charge in [-0.25, -0.2) is 13.2 Å². The minimum atomic E-state index is -3.55. The molecule has 0 bridgehead atoms. The van der Waals surface area contributed by atoms with Crippen LogP contribution in [0.1, 0.15) is 35.7 Å². The lowest BCUT2D eigenvalue weighted by Gasteiger charge is -2.16. The van der Waals surface area contributed by atoms with Crippen LogP contribution in [0.3, 0.4) is 0 Å². The second-order valence-corrected chi connectivity index (χ2v) is 6.82. The van der Waals surface area contributed by atoms with Crippen LogP contribution in [0.15, 0.2) is 18.2 Å². The van der Waals surface area contributed by atoms with Crippen molar-refractivity contribution in [3.05, 3.63) is 29.3 Å². The highest BCUT2D eigenvalue weighted by molar-refractivity contribution is 7.92. The van der Waals surface area contributed by atoms with Gasteiger partial charge in [0.25, 0.3) is 5.91 Å². The molecule has 22 heavy (non-hydrogen) atoms. The molecule has 0 aliphatic rings. The lowest BCUT2D eigenvalue weighted by Crippen LogP contribution is -2.41. The molecule has 3 N–H and O–H groups in total. The summed E-state index contributed by atoms with van der Waals surface area (Å²) in [6, 6.07) is 3.63. The maximum atomic E-state index is 12.3.